The highest BCUT2D eigenvalue weighted by atomic mass is 32.2. The van der Waals surface area contributed by atoms with Gasteiger partial charge >= 0.3 is 0 Å². The lowest BCUT2D eigenvalue weighted by atomic mass is 9.66. The molecule has 0 radical (unpaired) electrons. The molecular weight excluding hydrogens is 238 g/mol. The highest BCUT2D eigenvalue weighted by Crippen LogP contribution is 2.43. The minimum Gasteiger partial charge on any atom is -0.330 e. The molecule has 0 amide bonds. The molecule has 100 valence electrons. The van der Waals surface area contributed by atoms with E-state index >= 15 is 0 Å². The Morgan fingerprint density at radius 1 is 1.29 bits per heavy atom. The lowest BCUT2D eigenvalue weighted by Crippen LogP contribution is -2.39. The predicted octanol–water partition coefficient (Wildman–Crippen LogP) is 1.29. The van der Waals surface area contributed by atoms with E-state index < -0.39 is 9.84 Å². The minimum atomic E-state index is -3.03. The normalized spacial score (nSPS) is 18.7. The lowest BCUT2D eigenvalue weighted by molar-refractivity contribution is -0.122. The Labute approximate surface area is 104 Å². The number of ketones is 1. The average molecular weight is 261 g/mol. The number of Topliss-reactive ketones (excluding diaryl/α,β-unsaturated/α-hetero) is 1. The molecule has 0 aliphatic heterocycles. The largest absolute Gasteiger partial charge is 0.330 e. The van der Waals surface area contributed by atoms with Gasteiger partial charge in [-0.3, -0.25) is 4.79 Å². The van der Waals surface area contributed by atoms with E-state index in [4.69, 9.17) is 5.73 Å². The zero-order valence-electron chi connectivity index (χ0n) is 10.6. The number of nitrogens with two attached hydrogens (primary N) is 1. The van der Waals surface area contributed by atoms with Gasteiger partial charge in [0, 0.05) is 18.6 Å². The molecule has 1 rings (SSSR count). The summed E-state index contributed by atoms with van der Waals surface area (Å²) in [4.78, 5) is 11.7. The summed E-state index contributed by atoms with van der Waals surface area (Å²) >= 11 is 0. The highest BCUT2D eigenvalue weighted by molar-refractivity contribution is 7.91. The molecule has 1 aliphatic carbocycles. The molecular formula is C12H23NO3S. The zero-order chi connectivity index (χ0) is 12.9. The van der Waals surface area contributed by atoms with Crippen LogP contribution in [0, 0.1) is 5.41 Å². The molecule has 1 aliphatic rings. The molecule has 4 nitrogen and oxygen atoms in total. The van der Waals surface area contributed by atoms with Crippen LogP contribution in [-0.4, -0.2) is 32.3 Å². The van der Waals surface area contributed by atoms with E-state index in [9.17, 15) is 13.2 Å². The molecule has 0 unspecified atom stereocenters. The first-order valence-corrected chi connectivity index (χ1v) is 8.17. The van der Waals surface area contributed by atoms with Crippen molar-refractivity contribution in [3.05, 3.63) is 0 Å². The molecule has 17 heavy (non-hydrogen) atoms. The van der Waals surface area contributed by atoms with Crippen molar-refractivity contribution in [1.29, 1.82) is 0 Å². The van der Waals surface area contributed by atoms with Gasteiger partial charge in [0.25, 0.3) is 0 Å². The van der Waals surface area contributed by atoms with Gasteiger partial charge in [-0.2, -0.15) is 0 Å². The van der Waals surface area contributed by atoms with Crippen molar-refractivity contribution in [3.63, 3.8) is 0 Å². The fraction of sp³-hybridized carbons (Fsp3) is 0.917. The molecule has 1 fully saturated rings. The van der Waals surface area contributed by atoms with Crippen LogP contribution in [0.5, 0.6) is 0 Å². The number of rotatable bonds is 8. The fourth-order valence-electron chi connectivity index (χ4n) is 2.32. The lowest BCUT2D eigenvalue weighted by Gasteiger charge is -2.40. The smallest absolute Gasteiger partial charge is 0.150 e. The van der Waals surface area contributed by atoms with Crippen LogP contribution >= 0.6 is 0 Å². The number of hydrogen-bond donors (Lipinski definition) is 1. The molecule has 0 aromatic rings. The second kappa shape index (κ2) is 5.96. The van der Waals surface area contributed by atoms with Gasteiger partial charge in [0.15, 0.2) is 9.84 Å². The molecule has 0 saturated heterocycles. The maximum Gasteiger partial charge on any atom is 0.150 e. The summed E-state index contributed by atoms with van der Waals surface area (Å²) < 4.78 is 23.0. The fourth-order valence-corrected chi connectivity index (χ4v) is 3.68. The Kier molecular flexibility index (Phi) is 5.13. The first-order valence-electron chi connectivity index (χ1n) is 6.35. The standard InChI is InChI=1S/C12H23NO3S/c1-2-7-17(15,16)8-4-11(14)9-12(10-13)5-3-6-12/h2-10,13H2,1H3. The molecule has 0 bridgehead atoms. The first kappa shape index (κ1) is 14.6. The third-order valence-corrected chi connectivity index (χ3v) is 5.48. The van der Waals surface area contributed by atoms with Crippen LogP contribution in [0.15, 0.2) is 0 Å². The quantitative estimate of drug-likeness (QED) is 0.714. The third kappa shape index (κ3) is 4.39. The number of sulfone groups is 1. The topological polar surface area (TPSA) is 77.2 Å². The van der Waals surface area contributed by atoms with E-state index in [1.165, 1.54) is 0 Å². The van der Waals surface area contributed by atoms with Crippen molar-refractivity contribution in [2.45, 2.75) is 45.4 Å². The minimum absolute atomic E-state index is 0.000322. The summed E-state index contributed by atoms with van der Waals surface area (Å²) in [6.07, 6.45) is 4.39. The van der Waals surface area contributed by atoms with Crippen LogP contribution in [0.1, 0.15) is 45.4 Å². The number of carbonyl (C=O) groups excluding carboxylic acids is 1. The Balaban J connectivity index is 2.35. The van der Waals surface area contributed by atoms with E-state index in [2.05, 4.69) is 0 Å². The van der Waals surface area contributed by atoms with Gasteiger partial charge in [-0.25, -0.2) is 8.42 Å². The van der Waals surface area contributed by atoms with E-state index in [0.29, 0.717) is 19.4 Å². The van der Waals surface area contributed by atoms with Gasteiger partial charge in [0.1, 0.15) is 5.78 Å². The summed E-state index contributed by atoms with van der Waals surface area (Å²) in [5.41, 5.74) is 5.67. The van der Waals surface area contributed by atoms with Crippen LogP contribution < -0.4 is 5.73 Å². The molecule has 0 aromatic carbocycles. The van der Waals surface area contributed by atoms with Crippen molar-refractivity contribution >= 4 is 15.6 Å². The Bertz CT molecular complexity index is 352. The van der Waals surface area contributed by atoms with Gasteiger partial charge in [0.05, 0.1) is 5.75 Å². The number of hydrogen-bond acceptors (Lipinski definition) is 4. The Morgan fingerprint density at radius 3 is 2.35 bits per heavy atom. The molecule has 0 spiro atoms. The predicted molar refractivity (Wildman–Crippen MR) is 68.5 cm³/mol. The van der Waals surface area contributed by atoms with Crippen LogP contribution in [0.4, 0.5) is 0 Å². The van der Waals surface area contributed by atoms with Crippen LogP contribution in [0.25, 0.3) is 0 Å². The van der Waals surface area contributed by atoms with Crippen molar-refractivity contribution in [2.75, 3.05) is 18.1 Å². The van der Waals surface area contributed by atoms with Gasteiger partial charge in [-0.05, 0) is 31.2 Å². The van der Waals surface area contributed by atoms with Gasteiger partial charge in [-0.1, -0.05) is 13.3 Å². The van der Waals surface area contributed by atoms with Gasteiger partial charge < -0.3 is 5.73 Å². The van der Waals surface area contributed by atoms with E-state index in [0.717, 1.165) is 19.3 Å². The van der Waals surface area contributed by atoms with Crippen LogP contribution in [0.3, 0.4) is 0 Å². The zero-order valence-corrected chi connectivity index (χ0v) is 11.4. The summed E-state index contributed by atoms with van der Waals surface area (Å²) in [5.74, 6) is 0.234. The van der Waals surface area contributed by atoms with E-state index in [1.54, 1.807) is 0 Å². The van der Waals surface area contributed by atoms with Crippen molar-refractivity contribution in [1.82, 2.24) is 0 Å². The number of carbonyl (C=O) groups is 1. The molecule has 0 atom stereocenters. The van der Waals surface area contributed by atoms with Crippen molar-refractivity contribution < 1.29 is 13.2 Å². The van der Waals surface area contributed by atoms with Gasteiger partial charge in [-0.15, -0.1) is 0 Å². The maximum absolute atomic E-state index is 11.7. The molecule has 0 aromatic heterocycles. The van der Waals surface area contributed by atoms with Crippen molar-refractivity contribution in [2.24, 2.45) is 11.1 Å². The Hall–Kier alpha value is -0.420. The van der Waals surface area contributed by atoms with E-state index in [-0.39, 0.29) is 29.1 Å². The Morgan fingerprint density at radius 2 is 1.94 bits per heavy atom. The van der Waals surface area contributed by atoms with Crippen LogP contribution in [-0.2, 0) is 14.6 Å². The summed E-state index contributed by atoms with van der Waals surface area (Å²) in [5, 5.41) is 0. The summed E-state index contributed by atoms with van der Waals surface area (Å²) in [6.45, 7) is 2.37. The van der Waals surface area contributed by atoms with Crippen molar-refractivity contribution in [3.8, 4) is 0 Å². The molecule has 2 N–H and O–H groups in total. The molecule has 0 heterocycles. The van der Waals surface area contributed by atoms with Gasteiger partial charge in [0.2, 0.25) is 0 Å². The first-order chi connectivity index (χ1) is 7.93. The second-order valence-electron chi connectivity index (χ2n) is 5.17. The summed E-state index contributed by atoms with van der Waals surface area (Å²) in [7, 11) is -3.03. The summed E-state index contributed by atoms with van der Waals surface area (Å²) in [6, 6.07) is 0. The molecule has 1 saturated carbocycles. The maximum atomic E-state index is 11.7. The van der Waals surface area contributed by atoms with E-state index in [1.807, 2.05) is 6.92 Å². The second-order valence-corrected chi connectivity index (χ2v) is 7.48. The average Bonchev–Trinajstić information content (AvgIpc) is 2.21. The SMILES string of the molecule is CCCS(=O)(=O)CCC(=O)CC1(CN)CCC1. The monoisotopic (exact) mass is 261 g/mol. The third-order valence-electron chi connectivity index (χ3n) is 3.63. The van der Waals surface area contributed by atoms with Crippen LogP contribution in [0.2, 0.25) is 0 Å². The highest BCUT2D eigenvalue weighted by Gasteiger charge is 2.37. The molecule has 5 heteroatoms.